The first-order valence-corrected chi connectivity index (χ1v) is 9.22. The number of nitriles is 1. The lowest BCUT2D eigenvalue weighted by Gasteiger charge is -2.21. The molecule has 0 radical (unpaired) electrons. The molecule has 0 bridgehead atoms. The van der Waals surface area contributed by atoms with E-state index in [2.05, 4.69) is 0 Å². The number of hydrogen-bond acceptors (Lipinski definition) is 5. The van der Waals surface area contributed by atoms with Crippen molar-refractivity contribution in [1.82, 2.24) is 0 Å². The van der Waals surface area contributed by atoms with Crippen LogP contribution in [0.25, 0.3) is 11.3 Å². The van der Waals surface area contributed by atoms with Crippen molar-refractivity contribution in [3.8, 4) is 17.4 Å². The second-order valence-corrected chi connectivity index (χ2v) is 6.42. The third-order valence-corrected chi connectivity index (χ3v) is 4.42. The van der Waals surface area contributed by atoms with E-state index in [1.807, 2.05) is 12.1 Å². The Balaban J connectivity index is 1.66. The smallest absolute Gasteiger partial charge is 0.374 e. The van der Waals surface area contributed by atoms with E-state index in [0.29, 0.717) is 22.0 Å². The third-order valence-electron chi connectivity index (χ3n) is 4.09. The van der Waals surface area contributed by atoms with E-state index in [1.54, 1.807) is 54.6 Å². The van der Waals surface area contributed by atoms with Crippen molar-refractivity contribution < 1.29 is 18.7 Å². The maximum Gasteiger partial charge on any atom is 0.374 e. The molecular formula is C22H17ClN2O4. The Hall–Kier alpha value is -3.56. The summed E-state index contributed by atoms with van der Waals surface area (Å²) in [5.74, 6) is -0.799. The largest absolute Gasteiger partial charge is 0.450 e. The Morgan fingerprint density at radius 2 is 1.76 bits per heavy atom. The fourth-order valence-electron chi connectivity index (χ4n) is 2.70. The molecule has 2 aromatic carbocycles. The number of rotatable bonds is 7. The van der Waals surface area contributed by atoms with Gasteiger partial charge in [-0.1, -0.05) is 41.9 Å². The van der Waals surface area contributed by atoms with Crippen LogP contribution in [-0.4, -0.2) is 25.0 Å². The zero-order chi connectivity index (χ0) is 20.6. The molecule has 0 aliphatic heterocycles. The molecule has 3 aromatic rings. The molecule has 29 heavy (non-hydrogen) atoms. The molecule has 3 rings (SSSR count). The Bertz CT molecular complexity index is 1040. The number of amides is 1. The molecule has 0 atom stereocenters. The topological polar surface area (TPSA) is 83.5 Å². The van der Waals surface area contributed by atoms with E-state index < -0.39 is 18.5 Å². The summed E-state index contributed by atoms with van der Waals surface area (Å²) < 4.78 is 10.6. The van der Waals surface area contributed by atoms with E-state index in [0.717, 1.165) is 0 Å². The van der Waals surface area contributed by atoms with Gasteiger partial charge in [-0.25, -0.2) is 4.79 Å². The van der Waals surface area contributed by atoms with E-state index in [4.69, 9.17) is 26.0 Å². The third kappa shape index (κ3) is 5.03. The van der Waals surface area contributed by atoms with E-state index >= 15 is 0 Å². The average molecular weight is 409 g/mol. The predicted molar refractivity (Wildman–Crippen MR) is 108 cm³/mol. The zero-order valence-corrected chi connectivity index (χ0v) is 16.1. The maximum absolute atomic E-state index is 12.5. The van der Waals surface area contributed by atoms with Crippen molar-refractivity contribution in [3.05, 3.63) is 77.5 Å². The molecule has 0 unspecified atom stereocenters. The van der Waals surface area contributed by atoms with Crippen LogP contribution < -0.4 is 4.90 Å². The lowest BCUT2D eigenvalue weighted by Crippen LogP contribution is -2.35. The molecule has 0 saturated heterocycles. The maximum atomic E-state index is 12.5. The van der Waals surface area contributed by atoms with Gasteiger partial charge in [0.1, 0.15) is 5.76 Å². The fourth-order valence-corrected chi connectivity index (χ4v) is 2.93. The monoisotopic (exact) mass is 408 g/mol. The Morgan fingerprint density at radius 3 is 2.48 bits per heavy atom. The van der Waals surface area contributed by atoms with Crippen LogP contribution in [0.5, 0.6) is 0 Å². The molecule has 0 N–H and O–H groups in total. The summed E-state index contributed by atoms with van der Waals surface area (Å²) in [4.78, 5) is 26.2. The highest BCUT2D eigenvalue weighted by molar-refractivity contribution is 6.33. The van der Waals surface area contributed by atoms with Crippen molar-refractivity contribution in [3.63, 3.8) is 0 Å². The number of ether oxygens (including phenoxy) is 1. The summed E-state index contributed by atoms with van der Waals surface area (Å²) in [7, 11) is 0. The van der Waals surface area contributed by atoms with Gasteiger partial charge in [0.25, 0.3) is 5.91 Å². The number of halogens is 1. The van der Waals surface area contributed by atoms with Gasteiger partial charge in [-0.3, -0.25) is 4.79 Å². The average Bonchev–Trinajstić information content (AvgIpc) is 3.23. The van der Waals surface area contributed by atoms with Crippen molar-refractivity contribution in [1.29, 1.82) is 5.26 Å². The van der Waals surface area contributed by atoms with E-state index in [1.165, 1.54) is 11.0 Å². The van der Waals surface area contributed by atoms with Crippen molar-refractivity contribution in [2.75, 3.05) is 18.1 Å². The van der Waals surface area contributed by atoms with Crippen LogP contribution in [0.3, 0.4) is 0 Å². The Labute approximate surface area is 172 Å². The van der Waals surface area contributed by atoms with Gasteiger partial charge in [0.05, 0.1) is 17.5 Å². The zero-order valence-electron chi connectivity index (χ0n) is 15.4. The minimum absolute atomic E-state index is 0.0315. The molecule has 1 aromatic heterocycles. The number of benzene rings is 2. The highest BCUT2D eigenvalue weighted by atomic mass is 35.5. The molecule has 146 valence electrons. The normalized spacial score (nSPS) is 10.2. The molecule has 6 nitrogen and oxygen atoms in total. The summed E-state index contributed by atoms with van der Waals surface area (Å²) in [6, 6.07) is 21.1. The van der Waals surface area contributed by atoms with Crippen LogP contribution in [0, 0.1) is 11.3 Å². The van der Waals surface area contributed by atoms with Gasteiger partial charge >= 0.3 is 5.97 Å². The second kappa shape index (κ2) is 9.58. The highest BCUT2D eigenvalue weighted by Crippen LogP contribution is 2.29. The van der Waals surface area contributed by atoms with Gasteiger partial charge < -0.3 is 14.1 Å². The fraction of sp³-hybridized carbons (Fsp3) is 0.136. The first-order chi connectivity index (χ1) is 14.1. The SMILES string of the molecule is N#CCCN(C(=O)COC(=O)c1ccc(-c2ccccc2Cl)o1)c1ccccc1. The van der Waals surface area contributed by atoms with Crippen LogP contribution in [0.15, 0.2) is 71.1 Å². The minimum Gasteiger partial charge on any atom is -0.450 e. The Kier molecular flexibility index (Phi) is 6.67. The van der Waals surface area contributed by atoms with E-state index in [-0.39, 0.29) is 18.7 Å². The molecule has 1 heterocycles. The first-order valence-electron chi connectivity index (χ1n) is 8.84. The molecule has 0 spiro atoms. The number of carbonyl (C=O) groups is 2. The van der Waals surface area contributed by atoms with E-state index in [9.17, 15) is 9.59 Å². The molecule has 1 amide bonds. The van der Waals surface area contributed by atoms with Crippen molar-refractivity contribution in [2.45, 2.75) is 6.42 Å². The van der Waals surface area contributed by atoms with Crippen molar-refractivity contribution >= 4 is 29.2 Å². The van der Waals surface area contributed by atoms with Gasteiger partial charge in [0, 0.05) is 17.8 Å². The molecule has 7 heteroatoms. The number of furan rings is 1. The number of hydrogen-bond donors (Lipinski definition) is 0. The van der Waals surface area contributed by atoms with Crippen LogP contribution in [0.4, 0.5) is 5.69 Å². The number of esters is 1. The van der Waals surface area contributed by atoms with Gasteiger partial charge in [-0.05, 0) is 36.4 Å². The number of carbonyl (C=O) groups excluding carboxylic acids is 2. The van der Waals surface area contributed by atoms with Crippen LogP contribution in [0.1, 0.15) is 17.0 Å². The van der Waals surface area contributed by atoms with Gasteiger partial charge in [-0.2, -0.15) is 5.26 Å². The number of anilines is 1. The Morgan fingerprint density at radius 1 is 1.03 bits per heavy atom. The quantitative estimate of drug-likeness (QED) is 0.529. The molecular weight excluding hydrogens is 392 g/mol. The molecule has 0 fully saturated rings. The first kappa shape index (κ1) is 20.2. The number of nitrogens with zero attached hydrogens (tertiary/aromatic N) is 2. The lowest BCUT2D eigenvalue weighted by molar-refractivity contribution is -0.121. The number of para-hydroxylation sites is 1. The molecule has 0 aliphatic rings. The van der Waals surface area contributed by atoms with Gasteiger partial charge in [0.2, 0.25) is 5.76 Å². The van der Waals surface area contributed by atoms with Gasteiger partial charge in [-0.15, -0.1) is 0 Å². The molecule has 0 saturated carbocycles. The summed E-state index contributed by atoms with van der Waals surface area (Å²) in [5, 5.41) is 9.32. The van der Waals surface area contributed by atoms with Gasteiger partial charge in [0.15, 0.2) is 6.61 Å². The predicted octanol–water partition coefficient (Wildman–Crippen LogP) is 4.70. The summed E-state index contributed by atoms with van der Waals surface area (Å²) >= 11 is 6.14. The minimum atomic E-state index is -0.759. The van der Waals surface area contributed by atoms with Crippen molar-refractivity contribution in [2.24, 2.45) is 0 Å². The van der Waals surface area contributed by atoms with Crippen LogP contribution in [0.2, 0.25) is 5.02 Å². The summed E-state index contributed by atoms with van der Waals surface area (Å²) in [6.07, 6.45) is 0.161. The van der Waals surface area contributed by atoms with Crippen LogP contribution in [-0.2, 0) is 9.53 Å². The highest BCUT2D eigenvalue weighted by Gasteiger charge is 2.20. The second-order valence-electron chi connectivity index (χ2n) is 6.01. The summed E-state index contributed by atoms with van der Waals surface area (Å²) in [6.45, 7) is -0.268. The summed E-state index contributed by atoms with van der Waals surface area (Å²) in [5.41, 5.74) is 1.28. The van der Waals surface area contributed by atoms with Crippen LogP contribution >= 0.6 is 11.6 Å². The lowest BCUT2D eigenvalue weighted by atomic mass is 10.2. The molecule has 0 aliphatic carbocycles. The standard InChI is InChI=1S/C22H17ClN2O4/c23-18-10-5-4-9-17(18)19-11-12-20(29-19)22(27)28-15-21(26)25(14-6-13-24)16-7-2-1-3-8-16/h1-5,7-12H,6,14-15H2.